The zero-order valence-corrected chi connectivity index (χ0v) is 10.7. The lowest BCUT2D eigenvalue weighted by molar-refractivity contribution is 0.147. The van der Waals surface area contributed by atoms with Crippen LogP contribution >= 0.6 is 11.6 Å². The minimum Gasteiger partial charge on any atom is -0.388 e. The van der Waals surface area contributed by atoms with Crippen molar-refractivity contribution in [1.82, 2.24) is 0 Å². The van der Waals surface area contributed by atoms with Gasteiger partial charge in [0.1, 0.15) is 5.82 Å². The summed E-state index contributed by atoms with van der Waals surface area (Å²) in [6, 6.07) is 13.9. The fraction of sp³-hybridized carbons (Fsp3) is 0.200. The lowest BCUT2D eigenvalue weighted by Gasteiger charge is -2.20. The second-order valence-electron chi connectivity index (χ2n) is 4.31. The molecule has 0 saturated carbocycles. The molecule has 0 aromatic heterocycles. The number of rotatable bonds is 3. The van der Waals surface area contributed by atoms with E-state index in [9.17, 15) is 9.50 Å². The van der Waals surface area contributed by atoms with E-state index in [-0.39, 0.29) is 11.5 Å². The van der Waals surface area contributed by atoms with Crippen LogP contribution in [-0.2, 0) is 0 Å². The van der Waals surface area contributed by atoms with Crippen molar-refractivity contribution in [3.63, 3.8) is 0 Å². The van der Waals surface area contributed by atoms with Gasteiger partial charge in [-0.1, -0.05) is 54.9 Å². The standard InChI is InChI=1S/C15H14ClFO/c1-10(11-5-3-2-4-6-11)15(18)13-8-7-12(16)9-14(13)17/h2-10,15,18H,1H3. The Hall–Kier alpha value is -1.38. The predicted molar refractivity (Wildman–Crippen MR) is 71.2 cm³/mol. The van der Waals surface area contributed by atoms with E-state index in [1.165, 1.54) is 12.1 Å². The molecule has 0 aliphatic carbocycles. The Morgan fingerprint density at radius 3 is 2.39 bits per heavy atom. The van der Waals surface area contributed by atoms with Crippen LogP contribution in [0, 0.1) is 5.82 Å². The molecule has 0 radical (unpaired) electrons. The van der Waals surface area contributed by atoms with E-state index in [4.69, 9.17) is 11.6 Å². The molecule has 3 heteroatoms. The third-order valence-electron chi connectivity index (χ3n) is 3.08. The molecule has 2 aromatic carbocycles. The van der Waals surface area contributed by atoms with Crippen LogP contribution in [0.4, 0.5) is 4.39 Å². The topological polar surface area (TPSA) is 20.2 Å². The van der Waals surface area contributed by atoms with Crippen molar-refractivity contribution >= 4 is 11.6 Å². The molecule has 0 bridgehead atoms. The van der Waals surface area contributed by atoms with Gasteiger partial charge in [-0.05, 0) is 17.7 Å². The minimum atomic E-state index is -0.885. The Kier molecular flexibility index (Phi) is 4.00. The third-order valence-corrected chi connectivity index (χ3v) is 3.32. The lowest BCUT2D eigenvalue weighted by atomic mass is 9.90. The van der Waals surface area contributed by atoms with E-state index in [2.05, 4.69) is 0 Å². The van der Waals surface area contributed by atoms with E-state index >= 15 is 0 Å². The Labute approximate surface area is 111 Å². The first-order valence-electron chi connectivity index (χ1n) is 5.77. The number of halogens is 2. The quantitative estimate of drug-likeness (QED) is 0.876. The van der Waals surface area contributed by atoms with Gasteiger partial charge < -0.3 is 5.11 Å². The normalized spacial score (nSPS) is 14.2. The molecule has 0 aliphatic heterocycles. The van der Waals surface area contributed by atoms with Gasteiger partial charge in [-0.2, -0.15) is 0 Å². The Morgan fingerprint density at radius 2 is 1.78 bits per heavy atom. The second-order valence-corrected chi connectivity index (χ2v) is 4.75. The van der Waals surface area contributed by atoms with Crippen molar-refractivity contribution in [2.45, 2.75) is 18.9 Å². The minimum absolute atomic E-state index is 0.179. The van der Waals surface area contributed by atoms with Crippen LogP contribution in [0.5, 0.6) is 0 Å². The average Bonchev–Trinajstić information content (AvgIpc) is 2.38. The van der Waals surface area contributed by atoms with Crippen molar-refractivity contribution < 1.29 is 9.50 Å². The predicted octanol–water partition coefficient (Wildman–Crippen LogP) is 4.32. The molecule has 0 saturated heterocycles. The molecule has 0 amide bonds. The van der Waals surface area contributed by atoms with Gasteiger partial charge in [0.15, 0.2) is 0 Å². The summed E-state index contributed by atoms with van der Waals surface area (Å²) in [6.45, 7) is 1.87. The fourth-order valence-electron chi connectivity index (χ4n) is 1.95. The number of hydrogen-bond donors (Lipinski definition) is 1. The molecule has 18 heavy (non-hydrogen) atoms. The van der Waals surface area contributed by atoms with Crippen LogP contribution in [-0.4, -0.2) is 5.11 Å². The summed E-state index contributed by atoms with van der Waals surface area (Å²) in [6.07, 6.45) is -0.885. The van der Waals surface area contributed by atoms with Gasteiger partial charge in [0.25, 0.3) is 0 Å². The Balaban J connectivity index is 2.28. The monoisotopic (exact) mass is 264 g/mol. The highest BCUT2D eigenvalue weighted by Crippen LogP contribution is 2.32. The molecule has 0 heterocycles. The molecule has 0 fully saturated rings. The van der Waals surface area contributed by atoms with Crippen molar-refractivity contribution in [1.29, 1.82) is 0 Å². The summed E-state index contributed by atoms with van der Waals surface area (Å²) in [4.78, 5) is 0. The van der Waals surface area contributed by atoms with Crippen molar-refractivity contribution in [2.75, 3.05) is 0 Å². The molecular weight excluding hydrogens is 251 g/mol. The maximum absolute atomic E-state index is 13.7. The molecule has 2 atom stereocenters. The molecule has 1 N–H and O–H groups in total. The summed E-state index contributed by atoms with van der Waals surface area (Å²) in [5.74, 6) is -0.653. The molecule has 0 spiro atoms. The van der Waals surface area contributed by atoms with Crippen LogP contribution in [0.1, 0.15) is 30.1 Å². The number of aliphatic hydroxyl groups excluding tert-OH is 1. The first-order chi connectivity index (χ1) is 8.59. The second kappa shape index (κ2) is 5.51. The van der Waals surface area contributed by atoms with E-state index in [1.807, 2.05) is 37.3 Å². The number of aliphatic hydroxyl groups is 1. The van der Waals surface area contributed by atoms with Crippen LogP contribution in [0.2, 0.25) is 5.02 Å². The Morgan fingerprint density at radius 1 is 1.11 bits per heavy atom. The summed E-state index contributed by atoms with van der Waals surface area (Å²) >= 11 is 5.70. The third kappa shape index (κ3) is 2.71. The highest BCUT2D eigenvalue weighted by atomic mass is 35.5. The summed E-state index contributed by atoms with van der Waals surface area (Å²) in [7, 11) is 0. The highest BCUT2D eigenvalue weighted by Gasteiger charge is 2.21. The van der Waals surface area contributed by atoms with E-state index in [0.717, 1.165) is 5.56 Å². The largest absolute Gasteiger partial charge is 0.388 e. The van der Waals surface area contributed by atoms with Gasteiger partial charge in [-0.3, -0.25) is 0 Å². The van der Waals surface area contributed by atoms with Gasteiger partial charge >= 0.3 is 0 Å². The average molecular weight is 265 g/mol. The van der Waals surface area contributed by atoms with Crippen molar-refractivity contribution in [3.05, 3.63) is 70.5 Å². The summed E-state index contributed by atoms with van der Waals surface area (Å²) < 4.78 is 13.7. The molecule has 2 unspecified atom stereocenters. The Bertz CT molecular complexity index is 527. The lowest BCUT2D eigenvalue weighted by Crippen LogP contribution is -2.09. The molecule has 2 rings (SSSR count). The SMILES string of the molecule is CC(c1ccccc1)C(O)c1ccc(Cl)cc1F. The van der Waals surface area contributed by atoms with E-state index in [0.29, 0.717) is 5.02 Å². The van der Waals surface area contributed by atoms with Crippen molar-refractivity contribution in [2.24, 2.45) is 0 Å². The van der Waals surface area contributed by atoms with Gasteiger partial charge in [-0.25, -0.2) is 4.39 Å². The van der Waals surface area contributed by atoms with E-state index in [1.54, 1.807) is 6.07 Å². The number of hydrogen-bond acceptors (Lipinski definition) is 1. The zero-order chi connectivity index (χ0) is 13.1. The van der Waals surface area contributed by atoms with E-state index < -0.39 is 11.9 Å². The van der Waals surface area contributed by atoms with Crippen LogP contribution in [0.25, 0.3) is 0 Å². The molecular formula is C15H14ClFO. The van der Waals surface area contributed by atoms with Gasteiger partial charge in [-0.15, -0.1) is 0 Å². The van der Waals surface area contributed by atoms with Gasteiger partial charge in [0.2, 0.25) is 0 Å². The fourth-order valence-corrected chi connectivity index (χ4v) is 2.11. The first-order valence-corrected chi connectivity index (χ1v) is 6.15. The van der Waals surface area contributed by atoms with Gasteiger partial charge in [0.05, 0.1) is 6.10 Å². The van der Waals surface area contributed by atoms with Crippen LogP contribution in [0.3, 0.4) is 0 Å². The maximum atomic E-state index is 13.7. The molecule has 94 valence electrons. The molecule has 1 nitrogen and oxygen atoms in total. The number of benzene rings is 2. The van der Waals surface area contributed by atoms with Crippen LogP contribution < -0.4 is 0 Å². The molecule has 2 aromatic rings. The summed E-state index contributed by atoms with van der Waals surface area (Å²) in [5, 5.41) is 10.6. The van der Waals surface area contributed by atoms with Gasteiger partial charge in [0, 0.05) is 16.5 Å². The first kappa shape index (κ1) is 13.1. The smallest absolute Gasteiger partial charge is 0.130 e. The highest BCUT2D eigenvalue weighted by molar-refractivity contribution is 6.30. The summed E-state index contributed by atoms with van der Waals surface area (Å²) in [5.41, 5.74) is 1.25. The zero-order valence-electron chi connectivity index (χ0n) is 9.98. The van der Waals surface area contributed by atoms with Crippen LogP contribution in [0.15, 0.2) is 48.5 Å². The van der Waals surface area contributed by atoms with Crippen molar-refractivity contribution in [3.8, 4) is 0 Å². The molecule has 0 aliphatic rings. The maximum Gasteiger partial charge on any atom is 0.130 e.